The van der Waals surface area contributed by atoms with Gasteiger partial charge in [-0.1, -0.05) is 10.3 Å². The van der Waals surface area contributed by atoms with Gasteiger partial charge in [-0.3, -0.25) is 0 Å². The maximum absolute atomic E-state index is 12.5. The molecule has 3 rings (SSSR count). The Morgan fingerprint density at radius 3 is 2.33 bits per heavy atom. The predicted octanol–water partition coefficient (Wildman–Crippen LogP) is 0.894. The van der Waals surface area contributed by atoms with Crippen LogP contribution in [-0.2, 0) is 22.3 Å². The van der Waals surface area contributed by atoms with Crippen LogP contribution < -0.4 is 5.32 Å². The van der Waals surface area contributed by atoms with Crippen LogP contribution in [0, 0.1) is 0 Å². The predicted molar refractivity (Wildman–Crippen MR) is 109 cm³/mol. The third-order valence-electron chi connectivity index (χ3n) is 3.97. The van der Waals surface area contributed by atoms with E-state index in [4.69, 9.17) is 9.05 Å². The van der Waals surface area contributed by atoms with Crippen molar-refractivity contribution in [3.05, 3.63) is 36.0 Å². The van der Waals surface area contributed by atoms with E-state index in [1.165, 1.54) is 16.8 Å². The SMILES string of the molecule is CCNC(=NCc1ccon1)N1CCN(S(=O)(=O)Cc2ccon2)CC1.I. The molecule has 3 heterocycles. The minimum atomic E-state index is -3.41. The molecular formula is C15H23IN6O4S. The molecule has 27 heavy (non-hydrogen) atoms. The second-order valence-corrected chi connectivity index (χ2v) is 7.76. The summed E-state index contributed by atoms with van der Waals surface area (Å²) >= 11 is 0. The molecule has 1 aliphatic heterocycles. The van der Waals surface area contributed by atoms with Crippen molar-refractivity contribution in [3.63, 3.8) is 0 Å². The Morgan fingerprint density at radius 1 is 1.15 bits per heavy atom. The van der Waals surface area contributed by atoms with Crippen molar-refractivity contribution in [1.29, 1.82) is 0 Å². The first-order valence-corrected chi connectivity index (χ1v) is 9.99. The average molecular weight is 510 g/mol. The molecule has 1 fully saturated rings. The van der Waals surface area contributed by atoms with Gasteiger partial charge in [0.25, 0.3) is 0 Å². The van der Waals surface area contributed by atoms with E-state index in [2.05, 4.69) is 20.6 Å². The van der Waals surface area contributed by atoms with Crippen LogP contribution in [0.2, 0.25) is 0 Å². The number of sulfonamides is 1. The van der Waals surface area contributed by atoms with E-state index < -0.39 is 10.0 Å². The molecule has 1 aliphatic rings. The quantitative estimate of drug-likeness (QED) is 0.346. The number of aromatic nitrogens is 2. The molecule has 1 saturated heterocycles. The molecule has 0 bridgehead atoms. The Kier molecular flexibility index (Phi) is 8.04. The molecule has 2 aromatic rings. The fraction of sp³-hybridized carbons (Fsp3) is 0.533. The van der Waals surface area contributed by atoms with Crippen molar-refractivity contribution in [2.75, 3.05) is 32.7 Å². The molecule has 0 unspecified atom stereocenters. The van der Waals surface area contributed by atoms with E-state index in [0.717, 1.165) is 18.2 Å². The summed E-state index contributed by atoms with van der Waals surface area (Å²) in [4.78, 5) is 6.59. The van der Waals surface area contributed by atoms with Crippen LogP contribution in [0.4, 0.5) is 0 Å². The fourth-order valence-electron chi connectivity index (χ4n) is 2.67. The van der Waals surface area contributed by atoms with E-state index in [9.17, 15) is 8.42 Å². The topological polar surface area (TPSA) is 117 Å². The van der Waals surface area contributed by atoms with Gasteiger partial charge in [-0.05, 0) is 6.92 Å². The molecule has 0 aromatic carbocycles. The highest BCUT2D eigenvalue weighted by molar-refractivity contribution is 14.0. The van der Waals surface area contributed by atoms with Crippen LogP contribution >= 0.6 is 24.0 Å². The van der Waals surface area contributed by atoms with Gasteiger partial charge in [0, 0.05) is 44.9 Å². The highest BCUT2D eigenvalue weighted by atomic mass is 127. The summed E-state index contributed by atoms with van der Waals surface area (Å²) in [6.07, 6.45) is 2.88. The van der Waals surface area contributed by atoms with Crippen LogP contribution in [-0.4, -0.2) is 66.6 Å². The highest BCUT2D eigenvalue weighted by Gasteiger charge is 2.29. The largest absolute Gasteiger partial charge is 0.364 e. The van der Waals surface area contributed by atoms with Gasteiger partial charge in [0.05, 0.1) is 12.2 Å². The van der Waals surface area contributed by atoms with Crippen LogP contribution in [0.1, 0.15) is 18.3 Å². The van der Waals surface area contributed by atoms with E-state index >= 15 is 0 Å². The zero-order valence-corrected chi connectivity index (χ0v) is 18.1. The lowest BCUT2D eigenvalue weighted by Gasteiger charge is -2.35. The van der Waals surface area contributed by atoms with E-state index in [1.807, 2.05) is 11.8 Å². The van der Waals surface area contributed by atoms with Crippen molar-refractivity contribution < 1.29 is 17.5 Å². The van der Waals surface area contributed by atoms with Gasteiger partial charge in [-0.2, -0.15) is 4.31 Å². The lowest BCUT2D eigenvalue weighted by molar-refractivity contribution is 0.259. The van der Waals surface area contributed by atoms with E-state index in [0.29, 0.717) is 38.4 Å². The molecule has 150 valence electrons. The summed E-state index contributed by atoms with van der Waals surface area (Å²) in [5.74, 6) is 0.591. The minimum Gasteiger partial charge on any atom is -0.364 e. The van der Waals surface area contributed by atoms with E-state index in [1.54, 1.807) is 12.1 Å². The Bertz CT molecular complexity index is 801. The summed E-state index contributed by atoms with van der Waals surface area (Å²) in [6.45, 7) is 5.03. The number of nitrogens with one attached hydrogen (secondary N) is 1. The second kappa shape index (κ2) is 10.0. The van der Waals surface area contributed by atoms with Gasteiger partial charge in [0.1, 0.15) is 24.0 Å². The first-order chi connectivity index (χ1) is 12.6. The van der Waals surface area contributed by atoms with Gasteiger partial charge in [0.15, 0.2) is 5.96 Å². The normalized spacial score (nSPS) is 16.2. The first kappa shape index (κ1) is 21.6. The summed E-state index contributed by atoms with van der Waals surface area (Å²) in [7, 11) is -3.41. The van der Waals surface area contributed by atoms with Gasteiger partial charge < -0.3 is 19.3 Å². The molecule has 0 saturated carbocycles. The van der Waals surface area contributed by atoms with Gasteiger partial charge >= 0.3 is 0 Å². The minimum absolute atomic E-state index is 0. The van der Waals surface area contributed by atoms with Gasteiger partial charge in [0.2, 0.25) is 10.0 Å². The Labute approximate surface area is 175 Å². The Hall–Kier alpha value is -1.67. The number of halogens is 1. The molecular weight excluding hydrogens is 487 g/mol. The van der Waals surface area contributed by atoms with Crippen molar-refractivity contribution in [2.45, 2.75) is 19.2 Å². The maximum atomic E-state index is 12.5. The number of nitrogens with zero attached hydrogens (tertiary/aromatic N) is 5. The van der Waals surface area contributed by atoms with Crippen molar-refractivity contribution >= 4 is 40.0 Å². The number of aliphatic imine (C=N–C) groups is 1. The summed E-state index contributed by atoms with van der Waals surface area (Å²) < 4.78 is 36.0. The standard InChI is InChI=1S/C15H22N6O4S.HI/c1-2-16-15(17-11-13-3-9-24-18-13)20-5-7-21(8-6-20)26(22,23)12-14-4-10-25-19-14;/h3-4,9-10H,2,5-8,11-12H2,1H3,(H,16,17);1H. The second-order valence-electron chi connectivity index (χ2n) is 5.79. The monoisotopic (exact) mass is 510 g/mol. The third kappa shape index (κ3) is 5.90. The number of piperazine rings is 1. The van der Waals surface area contributed by atoms with Crippen molar-refractivity contribution in [2.24, 2.45) is 4.99 Å². The molecule has 10 nitrogen and oxygen atoms in total. The van der Waals surface area contributed by atoms with E-state index in [-0.39, 0.29) is 29.7 Å². The van der Waals surface area contributed by atoms with Crippen molar-refractivity contribution in [1.82, 2.24) is 24.8 Å². The first-order valence-electron chi connectivity index (χ1n) is 8.38. The fourth-order valence-corrected chi connectivity index (χ4v) is 4.09. The van der Waals surface area contributed by atoms with Crippen LogP contribution in [0.3, 0.4) is 0 Å². The van der Waals surface area contributed by atoms with Crippen LogP contribution in [0.15, 0.2) is 38.7 Å². The lowest BCUT2D eigenvalue weighted by Crippen LogP contribution is -2.53. The molecule has 0 radical (unpaired) electrons. The molecule has 0 atom stereocenters. The Balaban J connectivity index is 0.00000261. The molecule has 0 spiro atoms. The molecule has 0 amide bonds. The smallest absolute Gasteiger partial charge is 0.220 e. The zero-order valence-electron chi connectivity index (χ0n) is 14.9. The van der Waals surface area contributed by atoms with Crippen LogP contribution in [0.25, 0.3) is 0 Å². The Morgan fingerprint density at radius 2 is 1.78 bits per heavy atom. The number of guanidine groups is 1. The number of rotatable bonds is 6. The third-order valence-corrected chi connectivity index (χ3v) is 5.78. The zero-order chi connectivity index (χ0) is 18.4. The summed E-state index contributed by atoms with van der Waals surface area (Å²) in [6, 6.07) is 3.33. The molecule has 12 heteroatoms. The molecule has 1 N–H and O–H groups in total. The number of hydrogen-bond acceptors (Lipinski definition) is 7. The highest BCUT2D eigenvalue weighted by Crippen LogP contribution is 2.13. The molecule has 0 aliphatic carbocycles. The summed E-state index contributed by atoms with van der Waals surface area (Å²) in [5.41, 5.74) is 1.16. The maximum Gasteiger partial charge on any atom is 0.220 e. The van der Waals surface area contributed by atoms with Gasteiger partial charge in [-0.25, -0.2) is 13.4 Å². The average Bonchev–Trinajstić information content (AvgIpc) is 3.32. The van der Waals surface area contributed by atoms with Gasteiger partial charge in [-0.15, -0.1) is 24.0 Å². The number of hydrogen-bond donors (Lipinski definition) is 1. The summed E-state index contributed by atoms with van der Waals surface area (Å²) in [5, 5.41) is 10.8. The van der Waals surface area contributed by atoms with Crippen LogP contribution in [0.5, 0.6) is 0 Å². The molecule has 2 aromatic heterocycles. The lowest BCUT2D eigenvalue weighted by atomic mass is 10.4. The van der Waals surface area contributed by atoms with Crippen molar-refractivity contribution in [3.8, 4) is 0 Å².